The summed E-state index contributed by atoms with van der Waals surface area (Å²) in [7, 11) is 0. The highest BCUT2D eigenvalue weighted by Crippen LogP contribution is 2.33. The molecule has 8 heteroatoms. The lowest BCUT2D eigenvalue weighted by Crippen LogP contribution is -2.52. The van der Waals surface area contributed by atoms with Gasteiger partial charge in [-0.25, -0.2) is 19.6 Å². The molecule has 1 aliphatic heterocycles. The molecule has 1 fully saturated rings. The normalized spacial score (nSPS) is 19.0. The van der Waals surface area contributed by atoms with Gasteiger partial charge in [0.15, 0.2) is 0 Å². The Bertz CT molecular complexity index is 797. The van der Waals surface area contributed by atoms with Crippen LogP contribution < -0.4 is 0 Å². The minimum absolute atomic E-state index is 0.0733. The van der Waals surface area contributed by atoms with Gasteiger partial charge in [0.25, 0.3) is 0 Å². The minimum Gasteiger partial charge on any atom is -0.466 e. The van der Waals surface area contributed by atoms with Crippen LogP contribution in [0.3, 0.4) is 0 Å². The Hall–Kier alpha value is -2.77. The Labute approximate surface area is 190 Å². The summed E-state index contributed by atoms with van der Waals surface area (Å²) in [5.74, 6) is -0.708. The number of ether oxygens (including phenoxy) is 3. The lowest BCUT2D eigenvalue weighted by Gasteiger charge is -2.35. The van der Waals surface area contributed by atoms with Crippen molar-refractivity contribution in [3.05, 3.63) is 35.9 Å². The van der Waals surface area contributed by atoms with Crippen molar-refractivity contribution in [3.8, 4) is 0 Å². The molecule has 0 aromatic heterocycles. The number of hydrogen-bond acceptors (Lipinski definition) is 6. The number of carbonyl (C=O) groups excluding carboxylic acids is 3. The van der Waals surface area contributed by atoms with Gasteiger partial charge in [0.1, 0.15) is 11.2 Å². The summed E-state index contributed by atoms with van der Waals surface area (Å²) in [5, 5.41) is 2.58. The van der Waals surface area contributed by atoms with E-state index in [-0.39, 0.29) is 31.5 Å². The molecule has 2 atom stereocenters. The maximum absolute atomic E-state index is 13.2. The molecule has 8 nitrogen and oxygen atoms in total. The number of amides is 2. The number of rotatable bonds is 5. The van der Waals surface area contributed by atoms with E-state index in [4.69, 9.17) is 14.2 Å². The van der Waals surface area contributed by atoms with E-state index in [1.807, 2.05) is 30.3 Å². The molecule has 0 N–H and O–H groups in total. The second kappa shape index (κ2) is 10.2. The molecule has 0 spiro atoms. The molecule has 1 heterocycles. The standard InChI is InChI=1S/C24H36N2O6/c1-8-30-20(27)15-18-16-25(21(28)31-23(2,3)4)26(22(29)32-24(5,6)7)19(18)14-17-12-10-9-11-13-17/h9-13,18-19H,8,14-16H2,1-7H3/t18-,19+/m0/s1. The highest BCUT2D eigenvalue weighted by molar-refractivity contribution is 5.76. The van der Waals surface area contributed by atoms with Crippen molar-refractivity contribution in [1.29, 1.82) is 0 Å². The van der Waals surface area contributed by atoms with Crippen LogP contribution in [0.15, 0.2) is 30.3 Å². The van der Waals surface area contributed by atoms with Gasteiger partial charge in [-0.2, -0.15) is 0 Å². The Morgan fingerprint density at radius 3 is 2.03 bits per heavy atom. The fourth-order valence-electron chi connectivity index (χ4n) is 3.57. The Morgan fingerprint density at radius 2 is 1.50 bits per heavy atom. The molecule has 1 aromatic rings. The smallest absolute Gasteiger partial charge is 0.429 e. The van der Waals surface area contributed by atoms with E-state index in [1.165, 1.54) is 10.0 Å². The predicted molar refractivity (Wildman–Crippen MR) is 120 cm³/mol. The first-order valence-corrected chi connectivity index (χ1v) is 11.0. The zero-order chi connectivity index (χ0) is 24.1. The second-order valence-corrected chi connectivity index (χ2v) is 9.91. The highest BCUT2D eigenvalue weighted by Gasteiger charge is 2.48. The van der Waals surface area contributed by atoms with Crippen molar-refractivity contribution >= 4 is 18.2 Å². The lowest BCUT2D eigenvalue weighted by molar-refractivity contribution is -0.144. The van der Waals surface area contributed by atoms with Gasteiger partial charge in [-0.15, -0.1) is 0 Å². The summed E-state index contributed by atoms with van der Waals surface area (Å²) in [6, 6.07) is 9.15. The molecule has 1 saturated heterocycles. The van der Waals surface area contributed by atoms with Gasteiger partial charge in [0, 0.05) is 5.92 Å². The van der Waals surface area contributed by atoms with Gasteiger partial charge in [0.2, 0.25) is 0 Å². The number of carbonyl (C=O) groups is 3. The Morgan fingerprint density at radius 1 is 0.938 bits per heavy atom. The predicted octanol–water partition coefficient (Wildman–Crippen LogP) is 4.57. The van der Waals surface area contributed by atoms with Gasteiger partial charge in [-0.3, -0.25) is 4.79 Å². The first kappa shape index (κ1) is 25.5. The fourth-order valence-corrected chi connectivity index (χ4v) is 3.57. The fraction of sp³-hybridized carbons (Fsp3) is 0.625. The molecule has 178 valence electrons. The minimum atomic E-state index is -0.757. The maximum Gasteiger partial charge on any atom is 0.429 e. The zero-order valence-electron chi connectivity index (χ0n) is 20.2. The number of nitrogens with zero attached hydrogens (tertiary/aromatic N) is 2. The Kier molecular flexibility index (Phi) is 8.15. The van der Waals surface area contributed by atoms with Crippen molar-refractivity contribution in [2.45, 2.75) is 78.6 Å². The van der Waals surface area contributed by atoms with Crippen LogP contribution in [0, 0.1) is 5.92 Å². The first-order chi connectivity index (χ1) is 14.8. The molecular weight excluding hydrogens is 412 g/mol. The molecule has 0 radical (unpaired) electrons. The van der Waals surface area contributed by atoms with E-state index in [0.29, 0.717) is 6.42 Å². The summed E-state index contributed by atoms with van der Waals surface area (Å²) in [5.41, 5.74) is -0.524. The van der Waals surface area contributed by atoms with Crippen LogP contribution in [-0.4, -0.2) is 58.6 Å². The van der Waals surface area contributed by atoms with Gasteiger partial charge in [0.05, 0.1) is 25.6 Å². The van der Waals surface area contributed by atoms with Gasteiger partial charge in [-0.05, 0) is 60.5 Å². The highest BCUT2D eigenvalue weighted by atomic mass is 16.6. The SMILES string of the molecule is CCOC(=O)C[C@H]1CN(C(=O)OC(C)(C)C)N(C(=O)OC(C)(C)C)[C@@H]1Cc1ccccc1. The van der Waals surface area contributed by atoms with Crippen molar-refractivity contribution in [2.75, 3.05) is 13.2 Å². The summed E-state index contributed by atoms with van der Waals surface area (Å²) >= 11 is 0. The van der Waals surface area contributed by atoms with Crippen molar-refractivity contribution < 1.29 is 28.6 Å². The van der Waals surface area contributed by atoms with E-state index in [2.05, 4.69) is 0 Å². The lowest BCUT2D eigenvalue weighted by atomic mass is 9.92. The maximum atomic E-state index is 13.2. The van der Waals surface area contributed by atoms with E-state index in [0.717, 1.165) is 5.56 Å². The number of hydrazine groups is 1. The molecule has 32 heavy (non-hydrogen) atoms. The van der Waals surface area contributed by atoms with E-state index >= 15 is 0 Å². The average Bonchev–Trinajstić information content (AvgIpc) is 2.98. The average molecular weight is 449 g/mol. The van der Waals surface area contributed by atoms with Gasteiger partial charge >= 0.3 is 18.2 Å². The van der Waals surface area contributed by atoms with Gasteiger partial charge < -0.3 is 14.2 Å². The summed E-state index contributed by atoms with van der Waals surface area (Å²) in [6.45, 7) is 12.7. The van der Waals surface area contributed by atoms with Crippen molar-refractivity contribution in [3.63, 3.8) is 0 Å². The van der Waals surface area contributed by atoms with Crippen LogP contribution in [0.4, 0.5) is 9.59 Å². The molecule has 0 saturated carbocycles. The molecular formula is C24H36N2O6. The van der Waals surface area contributed by atoms with Crippen LogP contribution in [0.2, 0.25) is 0 Å². The summed E-state index contributed by atoms with van der Waals surface area (Å²) in [6.07, 6.45) is -0.795. The van der Waals surface area contributed by atoms with Crippen LogP contribution in [0.25, 0.3) is 0 Å². The van der Waals surface area contributed by atoms with Crippen molar-refractivity contribution in [2.24, 2.45) is 5.92 Å². The quantitative estimate of drug-likeness (QED) is 0.485. The van der Waals surface area contributed by atoms with Crippen LogP contribution >= 0.6 is 0 Å². The summed E-state index contributed by atoms with van der Waals surface area (Å²) < 4.78 is 16.3. The van der Waals surface area contributed by atoms with Crippen LogP contribution in [-0.2, 0) is 25.4 Å². The monoisotopic (exact) mass is 448 g/mol. The molecule has 1 aliphatic rings. The van der Waals surface area contributed by atoms with Crippen LogP contribution in [0.5, 0.6) is 0 Å². The largest absolute Gasteiger partial charge is 0.466 e. The third kappa shape index (κ3) is 7.43. The molecule has 0 bridgehead atoms. The Balaban J connectivity index is 2.43. The third-order valence-corrected chi connectivity index (χ3v) is 4.73. The topological polar surface area (TPSA) is 85.4 Å². The van der Waals surface area contributed by atoms with Crippen LogP contribution in [0.1, 0.15) is 60.5 Å². The second-order valence-electron chi connectivity index (χ2n) is 9.91. The molecule has 2 rings (SSSR count). The molecule has 0 aliphatic carbocycles. The van der Waals surface area contributed by atoms with E-state index in [1.54, 1.807) is 48.5 Å². The summed E-state index contributed by atoms with van der Waals surface area (Å²) in [4.78, 5) is 38.6. The first-order valence-electron chi connectivity index (χ1n) is 11.0. The van der Waals surface area contributed by atoms with E-state index < -0.39 is 29.4 Å². The number of esters is 1. The number of hydrogen-bond donors (Lipinski definition) is 0. The molecule has 1 aromatic carbocycles. The zero-order valence-corrected chi connectivity index (χ0v) is 20.2. The van der Waals surface area contributed by atoms with Gasteiger partial charge in [-0.1, -0.05) is 30.3 Å². The third-order valence-electron chi connectivity index (χ3n) is 4.73. The van der Waals surface area contributed by atoms with E-state index in [9.17, 15) is 14.4 Å². The number of benzene rings is 1. The molecule has 2 amide bonds. The molecule has 0 unspecified atom stereocenters. The van der Waals surface area contributed by atoms with Crippen molar-refractivity contribution in [1.82, 2.24) is 10.0 Å².